The van der Waals surface area contributed by atoms with Crippen LogP contribution >= 0.6 is 45.7 Å². The Hall–Kier alpha value is -1.18. The minimum absolute atomic E-state index is 0.887. The van der Waals surface area contributed by atoms with Crippen molar-refractivity contribution in [3.8, 4) is 0 Å². The average Bonchev–Trinajstić information content (AvgIpc) is 2.94. The molecule has 0 N–H and O–H groups in total. The quantitative estimate of drug-likeness (QED) is 0.214. The van der Waals surface area contributed by atoms with Crippen molar-refractivity contribution in [2.24, 2.45) is 4.99 Å². The van der Waals surface area contributed by atoms with E-state index in [9.17, 15) is 0 Å². The van der Waals surface area contributed by atoms with E-state index in [1.807, 2.05) is 24.4 Å². The first-order valence-electron chi connectivity index (χ1n) is 6.68. The second-order valence-corrected chi connectivity index (χ2v) is 8.08. The van der Waals surface area contributed by atoms with Gasteiger partial charge in [-0.15, -0.1) is 17.9 Å². The van der Waals surface area contributed by atoms with Gasteiger partial charge in [-0.25, -0.2) is 4.98 Å². The smallest absolute Gasteiger partial charge is 0.151 e. The molecule has 0 radical (unpaired) electrons. The number of halogens is 1. The van der Waals surface area contributed by atoms with Crippen LogP contribution in [0.3, 0.4) is 0 Å². The van der Waals surface area contributed by atoms with Crippen molar-refractivity contribution in [3.63, 3.8) is 0 Å². The molecule has 5 heteroatoms. The van der Waals surface area contributed by atoms with Gasteiger partial charge in [-0.2, -0.15) is 0 Å². The Balaban J connectivity index is 1.81. The predicted octanol–water partition coefficient (Wildman–Crippen LogP) is 5.93. The highest BCUT2D eigenvalue weighted by molar-refractivity contribution is 14.1. The van der Waals surface area contributed by atoms with E-state index in [2.05, 4.69) is 69.5 Å². The molecule has 3 rings (SSSR count). The zero-order valence-corrected chi connectivity index (χ0v) is 15.5. The Morgan fingerprint density at radius 1 is 1.23 bits per heavy atom. The van der Waals surface area contributed by atoms with E-state index in [0.717, 1.165) is 26.9 Å². The summed E-state index contributed by atoms with van der Waals surface area (Å²) in [6.45, 7) is 3.74. The van der Waals surface area contributed by atoms with Gasteiger partial charge in [0.1, 0.15) is 0 Å². The number of fused-ring (bicyclic) bond motifs is 1. The van der Waals surface area contributed by atoms with Crippen LogP contribution < -0.4 is 0 Å². The standard InChI is InChI=1S/C17H13IN2S2/c1-2-9-21-17-20-15-8-7-14(10-16(15)22-17)19-11-12-3-5-13(18)6-4-12/h2-8,10-11H,1,9H2. The summed E-state index contributed by atoms with van der Waals surface area (Å²) in [4.78, 5) is 9.16. The maximum atomic E-state index is 4.60. The Bertz CT molecular complexity index is 822. The molecule has 0 aliphatic carbocycles. The summed E-state index contributed by atoms with van der Waals surface area (Å²) in [6, 6.07) is 14.4. The van der Waals surface area contributed by atoms with Crippen LogP contribution in [0, 0.1) is 3.57 Å². The molecular weight excluding hydrogens is 423 g/mol. The van der Waals surface area contributed by atoms with Crippen LogP contribution in [-0.2, 0) is 0 Å². The van der Waals surface area contributed by atoms with Crippen LogP contribution in [0.5, 0.6) is 0 Å². The summed E-state index contributed by atoms with van der Waals surface area (Å²) in [5.74, 6) is 0.887. The lowest BCUT2D eigenvalue weighted by atomic mass is 10.2. The molecule has 1 aromatic heterocycles. The van der Waals surface area contributed by atoms with Gasteiger partial charge in [-0.3, -0.25) is 4.99 Å². The van der Waals surface area contributed by atoms with Gasteiger partial charge >= 0.3 is 0 Å². The third kappa shape index (κ3) is 3.97. The van der Waals surface area contributed by atoms with Gasteiger partial charge in [0, 0.05) is 15.5 Å². The molecule has 0 amide bonds. The fourth-order valence-corrected chi connectivity index (χ4v) is 4.08. The van der Waals surface area contributed by atoms with E-state index in [1.165, 1.54) is 8.27 Å². The fraction of sp³-hybridized carbons (Fsp3) is 0.0588. The summed E-state index contributed by atoms with van der Waals surface area (Å²) in [5.41, 5.74) is 3.09. The van der Waals surface area contributed by atoms with Gasteiger partial charge in [0.15, 0.2) is 4.34 Å². The molecule has 0 saturated carbocycles. The number of aromatic nitrogens is 1. The maximum absolute atomic E-state index is 4.60. The van der Waals surface area contributed by atoms with Crippen LogP contribution in [0.1, 0.15) is 5.56 Å². The molecule has 0 fully saturated rings. The highest BCUT2D eigenvalue weighted by Gasteiger charge is 2.04. The van der Waals surface area contributed by atoms with E-state index >= 15 is 0 Å². The van der Waals surface area contributed by atoms with Crippen molar-refractivity contribution in [1.29, 1.82) is 0 Å². The minimum Gasteiger partial charge on any atom is -0.256 e. The Morgan fingerprint density at radius 2 is 2.05 bits per heavy atom. The van der Waals surface area contributed by atoms with E-state index in [4.69, 9.17) is 0 Å². The van der Waals surface area contributed by atoms with Gasteiger partial charge in [0.05, 0.1) is 15.9 Å². The molecule has 1 heterocycles. The van der Waals surface area contributed by atoms with Crippen molar-refractivity contribution in [1.82, 2.24) is 4.98 Å². The van der Waals surface area contributed by atoms with Crippen molar-refractivity contribution in [2.75, 3.05) is 5.75 Å². The first-order chi connectivity index (χ1) is 10.7. The summed E-state index contributed by atoms with van der Waals surface area (Å²) in [5, 5.41) is 0. The molecule has 0 saturated heterocycles. The number of hydrogen-bond donors (Lipinski definition) is 0. The van der Waals surface area contributed by atoms with Crippen LogP contribution in [-0.4, -0.2) is 17.0 Å². The molecule has 0 bridgehead atoms. The Labute approximate surface area is 151 Å². The van der Waals surface area contributed by atoms with Crippen molar-refractivity contribution in [3.05, 3.63) is 64.3 Å². The SMILES string of the molecule is C=CCSc1nc2ccc(N=Cc3ccc(I)cc3)cc2s1. The van der Waals surface area contributed by atoms with Crippen LogP contribution in [0.2, 0.25) is 0 Å². The predicted molar refractivity (Wildman–Crippen MR) is 107 cm³/mol. The topological polar surface area (TPSA) is 25.2 Å². The van der Waals surface area contributed by atoms with E-state index in [0.29, 0.717) is 0 Å². The number of thiazole rings is 1. The van der Waals surface area contributed by atoms with Crippen LogP contribution in [0.4, 0.5) is 5.69 Å². The molecule has 0 aliphatic heterocycles. The first kappa shape index (κ1) is 15.7. The molecule has 0 spiro atoms. The van der Waals surface area contributed by atoms with Gasteiger partial charge in [0.2, 0.25) is 0 Å². The first-order valence-corrected chi connectivity index (χ1v) is 9.56. The summed E-state index contributed by atoms with van der Waals surface area (Å²) >= 11 is 5.72. The number of nitrogens with zero attached hydrogens (tertiary/aromatic N) is 2. The molecule has 2 nitrogen and oxygen atoms in total. The van der Waals surface area contributed by atoms with Crippen LogP contribution in [0.25, 0.3) is 10.2 Å². The van der Waals surface area contributed by atoms with Gasteiger partial charge in [-0.05, 0) is 58.5 Å². The number of hydrogen-bond acceptors (Lipinski definition) is 4. The van der Waals surface area contributed by atoms with E-state index in [1.54, 1.807) is 23.1 Å². The third-order valence-corrected chi connectivity index (χ3v) is 5.79. The zero-order valence-electron chi connectivity index (χ0n) is 11.7. The maximum Gasteiger partial charge on any atom is 0.151 e. The van der Waals surface area contributed by atoms with Gasteiger partial charge < -0.3 is 0 Å². The lowest BCUT2D eigenvalue weighted by molar-refractivity contribution is 1.30. The van der Waals surface area contributed by atoms with Crippen molar-refractivity contribution >= 4 is 67.8 Å². The molecular formula is C17H13IN2S2. The lowest BCUT2D eigenvalue weighted by Crippen LogP contribution is -1.80. The monoisotopic (exact) mass is 436 g/mol. The van der Waals surface area contributed by atoms with Gasteiger partial charge in [0.25, 0.3) is 0 Å². The summed E-state index contributed by atoms with van der Waals surface area (Å²) in [7, 11) is 0. The van der Waals surface area contributed by atoms with E-state index < -0.39 is 0 Å². The van der Waals surface area contributed by atoms with E-state index in [-0.39, 0.29) is 0 Å². The zero-order chi connectivity index (χ0) is 15.4. The highest BCUT2D eigenvalue weighted by Crippen LogP contribution is 2.31. The molecule has 110 valence electrons. The van der Waals surface area contributed by atoms with Crippen molar-refractivity contribution < 1.29 is 0 Å². The molecule has 0 aliphatic rings. The largest absolute Gasteiger partial charge is 0.256 e. The van der Waals surface area contributed by atoms with Crippen LogP contribution in [0.15, 0.2) is 64.5 Å². The Morgan fingerprint density at radius 3 is 2.82 bits per heavy atom. The molecule has 3 aromatic rings. The Kier molecular flexibility index (Phi) is 5.28. The summed E-state index contributed by atoms with van der Waals surface area (Å²) < 4.78 is 3.47. The molecule has 0 atom stereocenters. The molecule has 22 heavy (non-hydrogen) atoms. The summed E-state index contributed by atoms with van der Waals surface area (Å²) in [6.07, 6.45) is 3.79. The second kappa shape index (κ2) is 7.39. The second-order valence-electron chi connectivity index (χ2n) is 4.54. The minimum atomic E-state index is 0.887. The third-order valence-electron chi connectivity index (χ3n) is 2.91. The number of rotatable bonds is 5. The normalized spacial score (nSPS) is 11.3. The fourth-order valence-electron chi connectivity index (χ4n) is 1.86. The highest BCUT2D eigenvalue weighted by atomic mass is 127. The lowest BCUT2D eigenvalue weighted by Gasteiger charge is -1.95. The van der Waals surface area contributed by atoms with Crippen molar-refractivity contribution in [2.45, 2.75) is 4.34 Å². The average molecular weight is 436 g/mol. The molecule has 2 aromatic carbocycles. The number of benzene rings is 2. The van der Waals surface area contributed by atoms with Gasteiger partial charge in [-0.1, -0.05) is 30.0 Å². The molecule has 0 unspecified atom stereocenters. The number of thioether (sulfide) groups is 1. The number of aliphatic imine (C=N–C) groups is 1.